The molecule has 3 aromatic heterocycles. The van der Waals surface area contributed by atoms with Crippen LogP contribution in [0.15, 0.2) is 48.7 Å². The Morgan fingerprint density at radius 3 is 2.88 bits per heavy atom. The molecule has 3 heterocycles. The van der Waals surface area contributed by atoms with Gasteiger partial charge in [0, 0.05) is 0 Å². The summed E-state index contributed by atoms with van der Waals surface area (Å²) in [5.41, 5.74) is 2.24. The molecule has 0 aliphatic carbocycles. The first kappa shape index (κ1) is 8.57. The Morgan fingerprint density at radius 2 is 1.88 bits per heavy atom. The second-order valence-electron chi connectivity index (χ2n) is 3.79. The molecule has 0 spiro atoms. The van der Waals surface area contributed by atoms with Crippen LogP contribution < -0.4 is 0 Å². The van der Waals surface area contributed by atoms with E-state index in [9.17, 15) is 0 Å². The Hall–Kier alpha value is -1.57. The van der Waals surface area contributed by atoms with Crippen molar-refractivity contribution < 1.29 is 0 Å². The topological polar surface area (TPSA) is 17.3 Å². The molecular formula is C13H8N2Se. The van der Waals surface area contributed by atoms with Gasteiger partial charge in [0.15, 0.2) is 0 Å². The predicted octanol–water partition coefficient (Wildman–Crippen LogP) is 2.70. The summed E-state index contributed by atoms with van der Waals surface area (Å²) >= 11 is 0.396. The van der Waals surface area contributed by atoms with Crippen molar-refractivity contribution in [1.82, 2.24) is 9.38 Å². The molecule has 0 saturated heterocycles. The molecule has 76 valence electrons. The van der Waals surface area contributed by atoms with E-state index in [2.05, 4.69) is 47.0 Å². The molecule has 2 nitrogen and oxygen atoms in total. The van der Waals surface area contributed by atoms with E-state index >= 15 is 0 Å². The normalized spacial score (nSPS) is 11.8. The van der Waals surface area contributed by atoms with Crippen LogP contribution in [0, 0.1) is 0 Å². The second-order valence-corrected chi connectivity index (χ2v) is 5.96. The fourth-order valence-electron chi connectivity index (χ4n) is 2.10. The molecule has 3 heteroatoms. The van der Waals surface area contributed by atoms with E-state index in [1.165, 1.54) is 19.6 Å². The fraction of sp³-hybridized carbons (Fsp3) is 0. The van der Waals surface area contributed by atoms with Crippen molar-refractivity contribution in [2.75, 3.05) is 0 Å². The van der Waals surface area contributed by atoms with Gasteiger partial charge in [-0.15, -0.1) is 0 Å². The van der Waals surface area contributed by atoms with E-state index in [0.29, 0.717) is 14.5 Å². The second kappa shape index (κ2) is 2.97. The van der Waals surface area contributed by atoms with Crippen LogP contribution >= 0.6 is 0 Å². The maximum atomic E-state index is 4.71. The van der Waals surface area contributed by atoms with Gasteiger partial charge in [0.25, 0.3) is 0 Å². The zero-order chi connectivity index (χ0) is 10.5. The number of hydrogen-bond acceptors (Lipinski definition) is 1. The Morgan fingerprint density at radius 1 is 1.00 bits per heavy atom. The van der Waals surface area contributed by atoms with Crippen molar-refractivity contribution in [2.24, 2.45) is 0 Å². The zero-order valence-electron chi connectivity index (χ0n) is 8.42. The number of pyridine rings is 1. The molecule has 0 fully saturated rings. The summed E-state index contributed by atoms with van der Waals surface area (Å²) in [5, 5.41) is 1.32. The summed E-state index contributed by atoms with van der Waals surface area (Å²) in [6.07, 6.45) is 2.11. The number of hydrogen-bond donors (Lipinski definition) is 0. The Bertz CT molecular complexity index is 741. The van der Waals surface area contributed by atoms with Crippen molar-refractivity contribution >= 4 is 39.7 Å². The first-order valence-corrected chi connectivity index (χ1v) is 6.89. The van der Waals surface area contributed by atoms with Crippen molar-refractivity contribution in [1.29, 1.82) is 0 Å². The van der Waals surface area contributed by atoms with Crippen LogP contribution in [0.25, 0.3) is 25.2 Å². The number of nitrogens with zero attached hydrogens (tertiary/aromatic N) is 2. The molecule has 0 aliphatic rings. The fourth-order valence-corrected chi connectivity index (χ4v) is 4.48. The molecule has 16 heavy (non-hydrogen) atoms. The number of imidazole rings is 1. The van der Waals surface area contributed by atoms with Crippen molar-refractivity contribution in [2.45, 2.75) is 0 Å². The maximum absolute atomic E-state index is 4.71. The molecule has 0 N–H and O–H groups in total. The van der Waals surface area contributed by atoms with Gasteiger partial charge in [-0.1, -0.05) is 0 Å². The predicted molar refractivity (Wildman–Crippen MR) is 67.1 cm³/mol. The number of benzene rings is 1. The van der Waals surface area contributed by atoms with Gasteiger partial charge < -0.3 is 0 Å². The monoisotopic (exact) mass is 272 g/mol. The van der Waals surface area contributed by atoms with Crippen LogP contribution in [-0.2, 0) is 0 Å². The average Bonchev–Trinajstić information content (AvgIpc) is 2.85. The third-order valence-electron chi connectivity index (χ3n) is 2.83. The molecule has 1 aromatic carbocycles. The van der Waals surface area contributed by atoms with Crippen LogP contribution in [0.3, 0.4) is 0 Å². The molecule has 0 bridgehead atoms. The first-order valence-electron chi connectivity index (χ1n) is 5.18. The summed E-state index contributed by atoms with van der Waals surface area (Å²) in [6, 6.07) is 14.8. The molecular weight excluding hydrogens is 263 g/mol. The molecule has 0 unspecified atom stereocenters. The van der Waals surface area contributed by atoms with E-state index in [-0.39, 0.29) is 0 Å². The number of fused-ring (bicyclic) bond motifs is 5. The molecule has 0 atom stereocenters. The standard InChI is InChI=1S/C13H8N2Se/c1-2-6-10-9(5-1)12-13(16-10)15-8-4-3-7-11(15)14-12/h1-8H. The summed E-state index contributed by atoms with van der Waals surface area (Å²) in [4.78, 5) is 4.71. The Kier molecular flexibility index (Phi) is 1.59. The molecule has 4 aromatic rings. The molecule has 0 radical (unpaired) electrons. The van der Waals surface area contributed by atoms with E-state index in [0.717, 1.165) is 5.65 Å². The third kappa shape index (κ3) is 0.993. The summed E-state index contributed by atoms with van der Waals surface area (Å²) in [5.74, 6) is 0. The molecule has 0 aliphatic heterocycles. The molecule has 4 rings (SSSR count). The van der Waals surface area contributed by atoms with Gasteiger partial charge in [-0.05, 0) is 0 Å². The van der Waals surface area contributed by atoms with Crippen molar-refractivity contribution in [3.05, 3.63) is 48.7 Å². The van der Waals surface area contributed by atoms with Crippen LogP contribution in [0.2, 0.25) is 0 Å². The zero-order valence-corrected chi connectivity index (χ0v) is 10.1. The van der Waals surface area contributed by atoms with Gasteiger partial charge in [-0.2, -0.15) is 0 Å². The molecule has 0 saturated carbocycles. The minimum absolute atomic E-state index is 0.396. The first-order chi connectivity index (χ1) is 7.93. The van der Waals surface area contributed by atoms with Crippen LogP contribution in [-0.4, -0.2) is 23.9 Å². The number of rotatable bonds is 0. The third-order valence-corrected chi connectivity index (χ3v) is 5.27. The summed E-state index contributed by atoms with van der Waals surface area (Å²) in [7, 11) is 0. The number of aromatic nitrogens is 2. The average molecular weight is 271 g/mol. The van der Waals surface area contributed by atoms with Crippen LogP contribution in [0.5, 0.6) is 0 Å². The van der Waals surface area contributed by atoms with E-state index in [1.807, 2.05) is 6.07 Å². The van der Waals surface area contributed by atoms with E-state index in [4.69, 9.17) is 4.98 Å². The summed E-state index contributed by atoms with van der Waals surface area (Å²) < 4.78 is 5.05. The van der Waals surface area contributed by atoms with Crippen molar-refractivity contribution in [3.63, 3.8) is 0 Å². The van der Waals surface area contributed by atoms with E-state index < -0.39 is 0 Å². The van der Waals surface area contributed by atoms with Gasteiger partial charge in [0.05, 0.1) is 0 Å². The van der Waals surface area contributed by atoms with E-state index in [1.54, 1.807) is 0 Å². The van der Waals surface area contributed by atoms with Crippen LogP contribution in [0.1, 0.15) is 0 Å². The van der Waals surface area contributed by atoms with Gasteiger partial charge >= 0.3 is 97.8 Å². The quantitative estimate of drug-likeness (QED) is 0.449. The van der Waals surface area contributed by atoms with Gasteiger partial charge in [-0.3, -0.25) is 0 Å². The summed E-state index contributed by atoms with van der Waals surface area (Å²) in [6.45, 7) is 0. The van der Waals surface area contributed by atoms with Gasteiger partial charge in [0.1, 0.15) is 0 Å². The van der Waals surface area contributed by atoms with Crippen LogP contribution in [0.4, 0.5) is 0 Å². The Balaban J connectivity index is 2.35. The SMILES string of the molecule is c1ccc2c(c1)[se]c1c2nc2ccccn21. The van der Waals surface area contributed by atoms with Crippen molar-refractivity contribution in [3.8, 4) is 0 Å². The van der Waals surface area contributed by atoms with Gasteiger partial charge in [0.2, 0.25) is 0 Å². The van der Waals surface area contributed by atoms with Gasteiger partial charge in [-0.25, -0.2) is 0 Å². The minimum atomic E-state index is 0.396. The Labute approximate surface area is 97.9 Å². The molecule has 0 amide bonds.